The van der Waals surface area contributed by atoms with Crippen molar-refractivity contribution in [3.05, 3.63) is 0 Å². The predicted molar refractivity (Wildman–Crippen MR) is 43.7 cm³/mol. The number of Topliss-reactive ketones (excluding diaryl/α,β-unsaturated/α-hetero) is 1. The molecule has 5 heteroatoms. The fourth-order valence-electron chi connectivity index (χ4n) is 0.278. The summed E-state index contributed by atoms with van der Waals surface area (Å²) in [6.45, 7) is 0.187. The molecule has 0 heterocycles. The Labute approximate surface area is 70.4 Å². The van der Waals surface area contributed by atoms with Gasteiger partial charge >= 0.3 is 0 Å². The summed E-state index contributed by atoms with van der Waals surface area (Å²) in [4.78, 5) is 10.8. The van der Waals surface area contributed by atoms with E-state index in [1.165, 1.54) is 0 Å². The van der Waals surface area contributed by atoms with Crippen LogP contribution in [0.3, 0.4) is 0 Å². The van der Waals surface area contributed by atoms with Gasteiger partial charge in [-0.1, -0.05) is 31.9 Å². The van der Waals surface area contributed by atoms with Gasteiger partial charge in [0, 0.05) is 6.54 Å². The van der Waals surface area contributed by atoms with Crippen LogP contribution in [-0.4, -0.2) is 22.1 Å². The van der Waals surface area contributed by atoms with E-state index in [9.17, 15) is 4.79 Å². The van der Waals surface area contributed by atoms with E-state index in [2.05, 4.69) is 31.9 Å². The summed E-state index contributed by atoms with van der Waals surface area (Å²) in [5, 5.41) is 0. The molecule has 0 aromatic heterocycles. The molecule has 0 aliphatic heterocycles. The summed E-state index contributed by atoms with van der Waals surface area (Å²) in [5.74, 6) is -0.127. The quantitative estimate of drug-likeness (QED) is 0.699. The van der Waals surface area contributed by atoms with Gasteiger partial charge in [-0.15, -0.1) is 0 Å². The second kappa shape index (κ2) is 4.38. The van der Waals surface area contributed by atoms with Gasteiger partial charge in [0.15, 0.2) is 5.78 Å². The first-order valence-corrected chi connectivity index (χ1v) is 4.20. The van der Waals surface area contributed by atoms with Crippen molar-refractivity contribution < 1.29 is 4.79 Å². The number of hydrogen-bond acceptors (Lipinski definition) is 3. The predicted octanol–water partition coefficient (Wildman–Crippen LogP) is -0.0426. The highest BCUT2D eigenvalue weighted by molar-refractivity contribution is 9.25. The van der Waals surface area contributed by atoms with Crippen LogP contribution in [0.25, 0.3) is 0 Å². The Morgan fingerprint density at radius 2 is 2.00 bits per heavy atom. The van der Waals surface area contributed by atoms with E-state index in [0.29, 0.717) is 0 Å². The minimum absolute atomic E-state index is 0.127. The van der Waals surface area contributed by atoms with Crippen LogP contribution in [0.1, 0.15) is 0 Å². The number of carbonyl (C=O) groups excluding carboxylic acids is 1. The van der Waals surface area contributed by atoms with Gasteiger partial charge in [-0.2, -0.15) is 0 Å². The molecule has 1 unspecified atom stereocenters. The number of nitrogens with two attached hydrogens (primary N) is 2. The molecule has 0 aliphatic rings. The highest BCUT2D eigenvalue weighted by Crippen LogP contribution is 2.09. The van der Waals surface area contributed by atoms with Crippen LogP contribution in [0.4, 0.5) is 0 Å². The minimum atomic E-state index is -0.561. The normalized spacial score (nSPS) is 13.9. The first-order chi connectivity index (χ1) is 4.09. The van der Waals surface area contributed by atoms with Crippen molar-refractivity contribution in [2.24, 2.45) is 11.5 Å². The fourth-order valence-corrected chi connectivity index (χ4v) is 0.957. The smallest absolute Gasteiger partial charge is 0.175 e. The van der Waals surface area contributed by atoms with Crippen molar-refractivity contribution in [2.75, 3.05) is 6.54 Å². The van der Waals surface area contributed by atoms with Crippen molar-refractivity contribution in [1.82, 2.24) is 0 Å². The summed E-state index contributed by atoms with van der Waals surface area (Å²) < 4.78 is -0.372. The summed E-state index contributed by atoms with van der Waals surface area (Å²) >= 11 is 6.03. The van der Waals surface area contributed by atoms with E-state index >= 15 is 0 Å². The van der Waals surface area contributed by atoms with Crippen LogP contribution < -0.4 is 11.5 Å². The van der Waals surface area contributed by atoms with Gasteiger partial charge in [0.05, 0.1) is 6.04 Å². The molecule has 0 fully saturated rings. The molecule has 0 amide bonds. The van der Waals surface area contributed by atoms with Gasteiger partial charge < -0.3 is 11.5 Å². The Morgan fingerprint density at radius 1 is 1.56 bits per heavy atom. The molecule has 0 aromatic carbocycles. The molecular weight excluding hydrogens is 252 g/mol. The van der Waals surface area contributed by atoms with Gasteiger partial charge in [-0.05, 0) is 0 Å². The van der Waals surface area contributed by atoms with Crippen molar-refractivity contribution in [3.8, 4) is 0 Å². The van der Waals surface area contributed by atoms with Crippen LogP contribution in [0.15, 0.2) is 0 Å². The molecule has 0 saturated carbocycles. The van der Waals surface area contributed by atoms with Crippen molar-refractivity contribution in [2.45, 2.75) is 9.78 Å². The lowest BCUT2D eigenvalue weighted by Crippen LogP contribution is -2.40. The van der Waals surface area contributed by atoms with E-state index in [1.807, 2.05) is 0 Å². The van der Waals surface area contributed by atoms with Gasteiger partial charge in [0.1, 0.15) is 3.74 Å². The number of alkyl halides is 2. The third kappa shape index (κ3) is 3.30. The zero-order valence-electron chi connectivity index (χ0n) is 4.68. The maximum Gasteiger partial charge on any atom is 0.175 e. The number of carbonyl (C=O) groups is 1. The van der Waals surface area contributed by atoms with E-state index < -0.39 is 6.04 Å². The number of rotatable bonds is 3. The molecule has 0 aliphatic carbocycles. The van der Waals surface area contributed by atoms with Crippen molar-refractivity contribution in [1.29, 1.82) is 0 Å². The van der Waals surface area contributed by atoms with Gasteiger partial charge in [-0.25, -0.2) is 0 Å². The molecule has 0 aromatic rings. The van der Waals surface area contributed by atoms with E-state index in [1.54, 1.807) is 0 Å². The Bertz CT molecular complexity index is 107. The van der Waals surface area contributed by atoms with Crippen LogP contribution in [0, 0.1) is 0 Å². The SMILES string of the molecule is NCC(N)C(=O)C(Br)Br. The van der Waals surface area contributed by atoms with E-state index in [-0.39, 0.29) is 16.1 Å². The average molecular weight is 260 g/mol. The largest absolute Gasteiger partial charge is 0.328 e. The lowest BCUT2D eigenvalue weighted by atomic mass is 10.2. The zero-order chi connectivity index (χ0) is 7.44. The Balaban J connectivity index is 3.73. The highest BCUT2D eigenvalue weighted by Gasteiger charge is 2.17. The summed E-state index contributed by atoms with van der Waals surface area (Å²) in [7, 11) is 0. The summed E-state index contributed by atoms with van der Waals surface area (Å²) in [6, 6.07) is -0.561. The minimum Gasteiger partial charge on any atom is -0.328 e. The molecule has 0 radical (unpaired) electrons. The molecule has 0 saturated heterocycles. The molecule has 4 N–H and O–H groups in total. The molecule has 3 nitrogen and oxygen atoms in total. The first-order valence-electron chi connectivity index (χ1n) is 2.37. The topological polar surface area (TPSA) is 69.1 Å². The number of hydrogen-bond donors (Lipinski definition) is 2. The zero-order valence-corrected chi connectivity index (χ0v) is 7.85. The molecule has 0 rings (SSSR count). The number of halogens is 2. The fraction of sp³-hybridized carbons (Fsp3) is 0.750. The van der Waals surface area contributed by atoms with Crippen LogP contribution >= 0.6 is 31.9 Å². The third-order valence-electron chi connectivity index (χ3n) is 0.834. The third-order valence-corrected chi connectivity index (χ3v) is 1.74. The number of ketones is 1. The van der Waals surface area contributed by atoms with Crippen LogP contribution in [0.2, 0.25) is 0 Å². The van der Waals surface area contributed by atoms with Crippen LogP contribution in [-0.2, 0) is 4.79 Å². The van der Waals surface area contributed by atoms with E-state index in [4.69, 9.17) is 11.5 Å². The Morgan fingerprint density at radius 3 is 2.11 bits per heavy atom. The first kappa shape index (κ1) is 9.55. The lowest BCUT2D eigenvalue weighted by molar-refractivity contribution is -0.117. The highest BCUT2D eigenvalue weighted by atomic mass is 79.9. The summed E-state index contributed by atoms with van der Waals surface area (Å²) in [5.41, 5.74) is 10.4. The maximum atomic E-state index is 10.8. The van der Waals surface area contributed by atoms with Gasteiger partial charge in [-0.3, -0.25) is 4.79 Å². The van der Waals surface area contributed by atoms with Gasteiger partial charge in [0.25, 0.3) is 0 Å². The second-order valence-electron chi connectivity index (χ2n) is 1.55. The molecule has 1 atom stereocenters. The Hall–Kier alpha value is 0.550. The van der Waals surface area contributed by atoms with Gasteiger partial charge in [0.2, 0.25) is 0 Å². The molecule has 54 valence electrons. The van der Waals surface area contributed by atoms with Crippen LogP contribution in [0.5, 0.6) is 0 Å². The Kier molecular flexibility index (Phi) is 4.65. The maximum absolute atomic E-state index is 10.8. The summed E-state index contributed by atoms with van der Waals surface area (Å²) in [6.07, 6.45) is 0. The molecule has 9 heavy (non-hydrogen) atoms. The molecule has 0 bridgehead atoms. The van der Waals surface area contributed by atoms with E-state index in [0.717, 1.165) is 0 Å². The second-order valence-corrected chi connectivity index (χ2v) is 4.61. The molecule has 0 spiro atoms. The molecular formula is C4H8Br2N2O. The lowest BCUT2D eigenvalue weighted by Gasteiger charge is -2.06. The monoisotopic (exact) mass is 258 g/mol. The average Bonchev–Trinajstić information content (AvgIpc) is 1.84. The van der Waals surface area contributed by atoms with Crippen molar-refractivity contribution >= 4 is 37.6 Å². The standard InChI is InChI=1S/C4H8Br2N2O/c5-4(6)3(9)2(8)1-7/h2,4H,1,7-8H2. The van der Waals surface area contributed by atoms with Crippen molar-refractivity contribution in [3.63, 3.8) is 0 Å².